The van der Waals surface area contributed by atoms with Gasteiger partial charge in [-0.05, 0) is 104 Å². The van der Waals surface area contributed by atoms with Crippen molar-refractivity contribution in [1.29, 1.82) is 0 Å². The van der Waals surface area contributed by atoms with Crippen molar-refractivity contribution < 1.29 is 0 Å². The van der Waals surface area contributed by atoms with E-state index in [2.05, 4.69) is 266 Å². The summed E-state index contributed by atoms with van der Waals surface area (Å²) in [4.78, 5) is 2.49. The second kappa shape index (κ2) is 15.6. The normalized spacial score (nSPS) is 12.6. The van der Waals surface area contributed by atoms with Crippen LogP contribution in [0.1, 0.15) is 25.0 Å². The number of aromatic nitrogens is 1. The third kappa shape index (κ3) is 6.32. The molecule has 2 nitrogen and oxygen atoms in total. The van der Waals surface area contributed by atoms with Gasteiger partial charge in [-0.25, -0.2) is 0 Å². The maximum atomic E-state index is 2.49. The molecule has 0 N–H and O–H groups in total. The molecule has 1 aromatic heterocycles. The summed E-state index contributed by atoms with van der Waals surface area (Å²) >= 11 is 0. The molecule has 308 valence electrons. The SMILES string of the molecule is CC1(C)c2ccccc2-c2ccc(N(c3ccc(-c4ccccc4-n4c5ccccc5c5ccccc54)cc3)c3cccc(-c4ccccc4)c3-c3ccccc3-c3ccccc3)cc21. The quantitative estimate of drug-likeness (QED) is 0.148. The van der Waals surface area contributed by atoms with Crippen LogP contribution >= 0.6 is 0 Å². The predicted octanol–water partition coefficient (Wildman–Crippen LogP) is 17.2. The van der Waals surface area contributed by atoms with Crippen LogP contribution in [0.5, 0.6) is 0 Å². The number of anilines is 3. The zero-order chi connectivity index (χ0) is 43.5. The van der Waals surface area contributed by atoms with Gasteiger partial charge in [-0.2, -0.15) is 0 Å². The highest BCUT2D eigenvalue weighted by atomic mass is 15.1. The van der Waals surface area contributed by atoms with Crippen LogP contribution in [-0.2, 0) is 5.41 Å². The van der Waals surface area contributed by atoms with Crippen molar-refractivity contribution in [2.24, 2.45) is 0 Å². The molecule has 0 amide bonds. The van der Waals surface area contributed by atoms with Crippen molar-refractivity contribution in [3.63, 3.8) is 0 Å². The highest BCUT2D eigenvalue weighted by molar-refractivity contribution is 6.10. The first kappa shape index (κ1) is 38.5. The molecule has 0 saturated heterocycles. The summed E-state index contributed by atoms with van der Waals surface area (Å²) in [5, 5.41) is 2.51. The molecule has 0 unspecified atom stereocenters. The smallest absolute Gasteiger partial charge is 0.0546 e. The van der Waals surface area contributed by atoms with E-state index in [-0.39, 0.29) is 5.41 Å². The zero-order valence-corrected chi connectivity index (χ0v) is 36.5. The number of benzene rings is 10. The first-order valence-electron chi connectivity index (χ1n) is 22.6. The fourth-order valence-electron chi connectivity index (χ4n) is 10.6. The molecule has 0 bridgehead atoms. The summed E-state index contributed by atoms with van der Waals surface area (Å²) in [6.07, 6.45) is 0. The Bertz CT molecular complexity index is 3510. The average molecular weight is 831 g/mol. The van der Waals surface area contributed by atoms with Gasteiger partial charge in [0.05, 0.1) is 22.4 Å². The van der Waals surface area contributed by atoms with Crippen molar-refractivity contribution in [3.05, 3.63) is 254 Å². The molecule has 10 aromatic carbocycles. The standard InChI is InChI=1S/C63H46N2/c1-63(2)56-31-15-11-26-51(56)52-41-40-47(42-57(52)63)64(61-35-19-30-50(44-22-7-4-8-23-44)62(61)55-29-10-9-24-48(55)43-20-5-3-6-21-43)46-38-36-45(37-39-46)49-25-12-16-32-58(49)65-59-33-17-13-27-53(59)54-28-14-18-34-60(54)65/h3-42H,1-2H3. The number of para-hydroxylation sites is 3. The molecule has 1 aliphatic rings. The lowest BCUT2D eigenvalue weighted by atomic mass is 9.82. The van der Waals surface area contributed by atoms with Crippen LogP contribution in [-0.4, -0.2) is 4.57 Å². The highest BCUT2D eigenvalue weighted by Gasteiger charge is 2.36. The fourth-order valence-corrected chi connectivity index (χ4v) is 10.6. The van der Waals surface area contributed by atoms with Gasteiger partial charge in [0, 0.05) is 38.7 Å². The second-order valence-electron chi connectivity index (χ2n) is 17.6. The molecule has 1 heterocycles. The van der Waals surface area contributed by atoms with Crippen molar-refractivity contribution >= 4 is 38.9 Å². The lowest BCUT2D eigenvalue weighted by molar-refractivity contribution is 0.660. The number of hydrogen-bond donors (Lipinski definition) is 0. The van der Waals surface area contributed by atoms with Crippen LogP contribution < -0.4 is 4.90 Å². The summed E-state index contributed by atoms with van der Waals surface area (Å²) in [5.74, 6) is 0. The van der Waals surface area contributed by atoms with E-state index in [0.29, 0.717) is 0 Å². The van der Waals surface area contributed by atoms with E-state index in [1.165, 1.54) is 83.0 Å². The molecule has 0 saturated carbocycles. The Hall–Kier alpha value is -8.20. The van der Waals surface area contributed by atoms with Crippen LogP contribution in [0.15, 0.2) is 243 Å². The molecule has 65 heavy (non-hydrogen) atoms. The Morgan fingerprint density at radius 3 is 1.52 bits per heavy atom. The topological polar surface area (TPSA) is 8.17 Å². The number of rotatable bonds is 8. The maximum absolute atomic E-state index is 2.49. The first-order valence-corrected chi connectivity index (χ1v) is 22.6. The Labute approximate surface area is 381 Å². The molecule has 0 spiro atoms. The number of nitrogens with zero attached hydrogens (tertiary/aromatic N) is 2. The average Bonchev–Trinajstić information content (AvgIpc) is 3.82. The third-order valence-electron chi connectivity index (χ3n) is 13.6. The summed E-state index contributed by atoms with van der Waals surface area (Å²) in [7, 11) is 0. The molecule has 2 heteroatoms. The molecular weight excluding hydrogens is 785 g/mol. The minimum Gasteiger partial charge on any atom is -0.310 e. The second-order valence-corrected chi connectivity index (χ2v) is 17.6. The van der Waals surface area contributed by atoms with E-state index >= 15 is 0 Å². The minimum absolute atomic E-state index is 0.164. The van der Waals surface area contributed by atoms with E-state index in [0.717, 1.165) is 28.3 Å². The molecule has 11 aromatic rings. The number of hydrogen-bond acceptors (Lipinski definition) is 1. The van der Waals surface area contributed by atoms with E-state index in [1.54, 1.807) is 0 Å². The third-order valence-corrected chi connectivity index (χ3v) is 13.6. The Morgan fingerprint density at radius 2 is 0.831 bits per heavy atom. The highest BCUT2D eigenvalue weighted by Crippen LogP contribution is 2.53. The molecule has 0 aliphatic heterocycles. The molecular formula is C63H46N2. The van der Waals surface area contributed by atoms with E-state index in [4.69, 9.17) is 0 Å². The summed E-state index contributed by atoms with van der Waals surface area (Å²) in [6, 6.07) is 88.9. The van der Waals surface area contributed by atoms with Crippen LogP contribution in [0.25, 0.3) is 83.1 Å². The van der Waals surface area contributed by atoms with Crippen LogP contribution in [0.4, 0.5) is 17.1 Å². The Kier molecular flexibility index (Phi) is 9.21. The lowest BCUT2D eigenvalue weighted by Crippen LogP contribution is -2.17. The maximum Gasteiger partial charge on any atom is 0.0546 e. The first-order chi connectivity index (χ1) is 32.0. The van der Waals surface area contributed by atoms with Crippen molar-refractivity contribution in [2.75, 3.05) is 4.90 Å². The van der Waals surface area contributed by atoms with E-state index in [9.17, 15) is 0 Å². The summed E-state index contributed by atoms with van der Waals surface area (Å²) in [5.41, 5.74) is 21.5. The van der Waals surface area contributed by atoms with E-state index < -0.39 is 0 Å². The van der Waals surface area contributed by atoms with Gasteiger partial charge >= 0.3 is 0 Å². The predicted molar refractivity (Wildman–Crippen MR) is 275 cm³/mol. The van der Waals surface area contributed by atoms with Crippen LogP contribution in [0.3, 0.4) is 0 Å². The Morgan fingerprint density at radius 1 is 0.338 bits per heavy atom. The van der Waals surface area contributed by atoms with Crippen molar-refractivity contribution in [3.8, 4) is 61.3 Å². The Balaban J connectivity index is 1.08. The molecule has 0 radical (unpaired) electrons. The molecule has 0 fully saturated rings. The van der Waals surface area contributed by atoms with Gasteiger partial charge < -0.3 is 9.47 Å². The summed E-state index contributed by atoms with van der Waals surface area (Å²) < 4.78 is 2.43. The van der Waals surface area contributed by atoms with E-state index in [1.807, 2.05) is 0 Å². The minimum atomic E-state index is -0.164. The van der Waals surface area contributed by atoms with Crippen LogP contribution in [0.2, 0.25) is 0 Å². The fraction of sp³-hybridized carbons (Fsp3) is 0.0476. The van der Waals surface area contributed by atoms with Gasteiger partial charge in [0.2, 0.25) is 0 Å². The largest absolute Gasteiger partial charge is 0.310 e. The number of fused-ring (bicyclic) bond motifs is 6. The molecule has 0 atom stereocenters. The van der Waals surface area contributed by atoms with Crippen LogP contribution in [0, 0.1) is 0 Å². The zero-order valence-electron chi connectivity index (χ0n) is 36.5. The van der Waals surface area contributed by atoms with Gasteiger partial charge in [-0.3, -0.25) is 0 Å². The van der Waals surface area contributed by atoms with Gasteiger partial charge in [-0.15, -0.1) is 0 Å². The van der Waals surface area contributed by atoms with Gasteiger partial charge in [0.25, 0.3) is 0 Å². The van der Waals surface area contributed by atoms with Gasteiger partial charge in [-0.1, -0.05) is 208 Å². The van der Waals surface area contributed by atoms with Crippen molar-refractivity contribution in [2.45, 2.75) is 19.3 Å². The monoisotopic (exact) mass is 830 g/mol. The lowest BCUT2D eigenvalue weighted by Gasteiger charge is -2.31. The van der Waals surface area contributed by atoms with Gasteiger partial charge in [0.1, 0.15) is 0 Å². The molecule has 1 aliphatic carbocycles. The summed E-state index contributed by atoms with van der Waals surface area (Å²) in [6.45, 7) is 4.74. The molecule has 12 rings (SSSR count). The van der Waals surface area contributed by atoms with Crippen molar-refractivity contribution in [1.82, 2.24) is 4.57 Å². The van der Waals surface area contributed by atoms with Gasteiger partial charge in [0.15, 0.2) is 0 Å².